The number of nitrogens with two attached hydrogens (primary N) is 1. The highest BCUT2D eigenvalue weighted by Crippen LogP contribution is 2.37. The molecule has 0 aromatic carbocycles. The maximum Gasteiger partial charge on any atom is 0.415 e. The van der Waals surface area contributed by atoms with Crippen molar-refractivity contribution >= 4 is 0 Å². The number of rotatable bonds is 2. The van der Waals surface area contributed by atoms with E-state index in [9.17, 15) is 13.2 Å². The minimum Gasteiger partial charge on any atom is -0.337 e. The molecule has 1 atom stereocenters. The molecule has 0 aliphatic heterocycles. The molecule has 4 nitrogen and oxygen atoms in total. The average molecular weight is 249 g/mol. The molecular weight excluding hydrogens is 235 g/mol. The van der Waals surface area contributed by atoms with E-state index in [0.29, 0.717) is 5.82 Å². The Morgan fingerprint density at radius 2 is 1.88 bits per heavy atom. The van der Waals surface area contributed by atoms with Crippen molar-refractivity contribution in [3.8, 4) is 0 Å². The van der Waals surface area contributed by atoms with Gasteiger partial charge < -0.3 is 10.3 Å². The highest BCUT2D eigenvalue weighted by Gasteiger charge is 2.53. The number of hydrogen-bond acceptors (Lipinski definition) is 4. The Morgan fingerprint density at radius 1 is 1.29 bits per heavy atom. The van der Waals surface area contributed by atoms with Crippen molar-refractivity contribution in [2.75, 3.05) is 0 Å². The van der Waals surface area contributed by atoms with Gasteiger partial charge in [-0.1, -0.05) is 18.0 Å². The van der Waals surface area contributed by atoms with Gasteiger partial charge in [-0.05, 0) is 19.8 Å². The lowest BCUT2D eigenvalue weighted by Crippen LogP contribution is -2.48. The van der Waals surface area contributed by atoms with Crippen molar-refractivity contribution in [1.29, 1.82) is 0 Å². The zero-order chi connectivity index (χ0) is 12.7. The fourth-order valence-corrected chi connectivity index (χ4v) is 1.92. The van der Waals surface area contributed by atoms with E-state index in [1.165, 1.54) is 0 Å². The summed E-state index contributed by atoms with van der Waals surface area (Å²) in [5.74, 6) is -0.109. The van der Waals surface area contributed by atoms with Crippen LogP contribution in [-0.2, 0) is 5.54 Å². The number of hydrogen-bond donors (Lipinski definition) is 1. The molecule has 1 saturated carbocycles. The Morgan fingerprint density at radius 3 is 2.41 bits per heavy atom. The second-order valence-corrected chi connectivity index (χ2v) is 4.64. The lowest BCUT2D eigenvalue weighted by molar-refractivity contribution is -0.190. The molecule has 1 fully saturated rings. The van der Waals surface area contributed by atoms with Gasteiger partial charge in [0, 0.05) is 5.92 Å². The third kappa shape index (κ3) is 2.15. The summed E-state index contributed by atoms with van der Waals surface area (Å²) in [4.78, 5) is 3.81. The van der Waals surface area contributed by atoms with Crippen LogP contribution in [-0.4, -0.2) is 16.3 Å². The van der Waals surface area contributed by atoms with Crippen molar-refractivity contribution in [2.45, 2.75) is 50.2 Å². The van der Waals surface area contributed by atoms with Crippen LogP contribution in [0.15, 0.2) is 4.52 Å². The predicted octanol–water partition coefficient (Wildman–Crippen LogP) is 2.46. The molecular formula is C10H14F3N3O. The Balaban J connectivity index is 2.23. The van der Waals surface area contributed by atoms with E-state index in [-0.39, 0.29) is 5.92 Å². The Kier molecular flexibility index (Phi) is 2.89. The summed E-state index contributed by atoms with van der Waals surface area (Å²) in [6.45, 7) is 0.832. The smallest absolute Gasteiger partial charge is 0.337 e. The van der Waals surface area contributed by atoms with Gasteiger partial charge in [0.15, 0.2) is 11.4 Å². The topological polar surface area (TPSA) is 64.9 Å². The van der Waals surface area contributed by atoms with Gasteiger partial charge in [-0.2, -0.15) is 18.2 Å². The van der Waals surface area contributed by atoms with Gasteiger partial charge >= 0.3 is 6.18 Å². The Bertz CT molecular complexity index is 394. The quantitative estimate of drug-likeness (QED) is 0.874. The van der Waals surface area contributed by atoms with Crippen LogP contribution in [0.4, 0.5) is 13.2 Å². The standard InChI is InChI=1S/C10H14F3N3O/c1-9(14,10(11,12)13)8-15-7(16-17-8)6-4-2-3-5-6/h6H,2-5,14H2,1H3. The first kappa shape index (κ1) is 12.3. The molecule has 0 spiro atoms. The molecule has 1 heterocycles. The van der Waals surface area contributed by atoms with Crippen molar-refractivity contribution in [3.63, 3.8) is 0 Å². The minimum atomic E-state index is -4.60. The lowest BCUT2D eigenvalue weighted by atomic mass is 10.0. The molecule has 2 N–H and O–H groups in total. The van der Waals surface area contributed by atoms with Crippen molar-refractivity contribution in [2.24, 2.45) is 5.73 Å². The fourth-order valence-electron chi connectivity index (χ4n) is 1.92. The molecule has 1 aliphatic rings. The van der Waals surface area contributed by atoms with Crippen molar-refractivity contribution in [1.82, 2.24) is 10.1 Å². The lowest BCUT2D eigenvalue weighted by Gasteiger charge is -2.22. The molecule has 17 heavy (non-hydrogen) atoms. The van der Waals surface area contributed by atoms with Crippen LogP contribution < -0.4 is 5.73 Å². The summed E-state index contributed by atoms with van der Waals surface area (Å²) >= 11 is 0. The van der Waals surface area contributed by atoms with E-state index >= 15 is 0 Å². The van der Waals surface area contributed by atoms with Crippen LogP contribution >= 0.6 is 0 Å². The largest absolute Gasteiger partial charge is 0.415 e. The van der Waals surface area contributed by atoms with Crippen LogP contribution in [0.5, 0.6) is 0 Å². The predicted molar refractivity (Wildman–Crippen MR) is 53.1 cm³/mol. The molecule has 1 aliphatic carbocycles. The molecule has 0 bridgehead atoms. The molecule has 1 aromatic rings. The zero-order valence-electron chi connectivity index (χ0n) is 9.42. The van der Waals surface area contributed by atoms with E-state index in [1.807, 2.05) is 0 Å². The summed E-state index contributed by atoms with van der Waals surface area (Å²) in [6, 6.07) is 0. The van der Waals surface area contributed by atoms with E-state index in [4.69, 9.17) is 5.73 Å². The van der Waals surface area contributed by atoms with Crippen molar-refractivity contribution < 1.29 is 17.7 Å². The van der Waals surface area contributed by atoms with E-state index in [1.54, 1.807) is 0 Å². The number of alkyl halides is 3. The number of aromatic nitrogens is 2. The van der Waals surface area contributed by atoms with E-state index in [2.05, 4.69) is 14.7 Å². The normalized spacial score (nSPS) is 21.7. The SMILES string of the molecule is CC(N)(c1nc(C2CCCC2)no1)C(F)(F)F. The first-order valence-electron chi connectivity index (χ1n) is 5.52. The first-order valence-corrected chi connectivity index (χ1v) is 5.52. The summed E-state index contributed by atoms with van der Waals surface area (Å²) < 4.78 is 42.6. The minimum absolute atomic E-state index is 0.108. The second-order valence-electron chi connectivity index (χ2n) is 4.64. The van der Waals surface area contributed by atoms with Crippen LogP contribution in [0, 0.1) is 0 Å². The van der Waals surface area contributed by atoms with E-state index < -0.39 is 17.6 Å². The maximum absolute atomic E-state index is 12.7. The summed E-state index contributed by atoms with van der Waals surface area (Å²) in [5.41, 5.74) is 2.62. The van der Waals surface area contributed by atoms with Crippen LogP contribution in [0.25, 0.3) is 0 Å². The van der Waals surface area contributed by atoms with Crippen molar-refractivity contribution in [3.05, 3.63) is 11.7 Å². The molecule has 1 aromatic heterocycles. The van der Waals surface area contributed by atoms with Gasteiger partial charge in [0.25, 0.3) is 5.89 Å². The summed E-state index contributed by atoms with van der Waals surface area (Å²) in [5, 5.41) is 3.61. The van der Waals surface area contributed by atoms with Gasteiger partial charge in [-0.15, -0.1) is 0 Å². The highest BCUT2D eigenvalue weighted by molar-refractivity contribution is 5.07. The summed E-state index contributed by atoms with van der Waals surface area (Å²) in [6.07, 6.45) is -0.716. The first-order chi connectivity index (χ1) is 7.82. The molecule has 0 radical (unpaired) electrons. The second kappa shape index (κ2) is 3.97. The van der Waals surface area contributed by atoms with Gasteiger partial charge in [0.1, 0.15) is 0 Å². The maximum atomic E-state index is 12.7. The zero-order valence-corrected chi connectivity index (χ0v) is 9.42. The third-order valence-corrected chi connectivity index (χ3v) is 3.20. The Hall–Kier alpha value is -1.11. The monoisotopic (exact) mass is 249 g/mol. The van der Waals surface area contributed by atoms with Crippen LogP contribution in [0.1, 0.15) is 50.2 Å². The number of nitrogens with zero attached hydrogens (tertiary/aromatic N) is 2. The van der Waals surface area contributed by atoms with E-state index in [0.717, 1.165) is 32.6 Å². The molecule has 7 heteroatoms. The molecule has 0 amide bonds. The van der Waals surface area contributed by atoms with Gasteiger partial charge in [0.05, 0.1) is 0 Å². The van der Waals surface area contributed by atoms with Crippen LogP contribution in [0.3, 0.4) is 0 Å². The van der Waals surface area contributed by atoms with Gasteiger partial charge in [0.2, 0.25) is 0 Å². The third-order valence-electron chi connectivity index (χ3n) is 3.20. The molecule has 1 unspecified atom stereocenters. The molecule has 96 valence electrons. The highest BCUT2D eigenvalue weighted by atomic mass is 19.4. The molecule has 0 saturated heterocycles. The number of halogens is 3. The van der Waals surface area contributed by atoms with Crippen LogP contribution in [0.2, 0.25) is 0 Å². The Labute approximate surface area is 96.4 Å². The summed E-state index contributed by atoms with van der Waals surface area (Å²) in [7, 11) is 0. The fraction of sp³-hybridized carbons (Fsp3) is 0.800. The average Bonchev–Trinajstić information content (AvgIpc) is 2.87. The van der Waals surface area contributed by atoms with Gasteiger partial charge in [-0.3, -0.25) is 0 Å². The van der Waals surface area contributed by atoms with Gasteiger partial charge in [-0.25, -0.2) is 0 Å². The molecule has 2 rings (SSSR count).